The monoisotopic (exact) mass is 241 g/mol. The number of aromatic hydroxyl groups is 1. The molecule has 0 aliphatic heterocycles. The lowest BCUT2D eigenvalue weighted by molar-refractivity contribution is 0.299. The van der Waals surface area contributed by atoms with Gasteiger partial charge in [0.05, 0.1) is 0 Å². The van der Waals surface area contributed by atoms with Crippen molar-refractivity contribution in [3.05, 3.63) is 28.8 Å². The predicted molar refractivity (Wildman–Crippen MR) is 68.9 cm³/mol. The van der Waals surface area contributed by atoms with E-state index in [0.717, 1.165) is 18.5 Å². The van der Waals surface area contributed by atoms with Gasteiger partial charge >= 0.3 is 0 Å². The zero-order valence-corrected chi connectivity index (χ0v) is 11.0. The molecule has 1 aromatic carbocycles. The molecule has 16 heavy (non-hydrogen) atoms. The number of nitrogens with zero attached hydrogens (tertiary/aromatic N) is 1. The van der Waals surface area contributed by atoms with Crippen molar-refractivity contribution < 1.29 is 5.11 Å². The Morgan fingerprint density at radius 3 is 2.62 bits per heavy atom. The minimum absolute atomic E-state index is 0.281. The highest BCUT2D eigenvalue weighted by molar-refractivity contribution is 6.31. The topological polar surface area (TPSA) is 23.5 Å². The second-order valence-corrected chi connectivity index (χ2v) is 5.07. The standard InChI is InChI=1S/C13H20ClNO/c1-10(2)7-8-15(3)9-11-12(14)5-4-6-13(11)16/h4-6,10,16H,7-9H2,1-3H3. The average molecular weight is 242 g/mol. The molecule has 0 heterocycles. The van der Waals surface area contributed by atoms with Gasteiger partial charge < -0.3 is 10.0 Å². The van der Waals surface area contributed by atoms with E-state index in [0.29, 0.717) is 17.5 Å². The fraction of sp³-hybridized carbons (Fsp3) is 0.538. The summed E-state index contributed by atoms with van der Waals surface area (Å²) >= 11 is 6.05. The molecule has 0 fully saturated rings. The molecule has 0 aliphatic carbocycles. The lowest BCUT2D eigenvalue weighted by Crippen LogP contribution is -2.20. The fourth-order valence-electron chi connectivity index (χ4n) is 1.53. The molecule has 0 bridgehead atoms. The van der Waals surface area contributed by atoms with Gasteiger partial charge in [0.1, 0.15) is 5.75 Å². The number of halogens is 1. The fourth-order valence-corrected chi connectivity index (χ4v) is 1.76. The number of phenols is 1. The Hall–Kier alpha value is -0.730. The van der Waals surface area contributed by atoms with Crippen molar-refractivity contribution in [2.45, 2.75) is 26.8 Å². The zero-order chi connectivity index (χ0) is 12.1. The van der Waals surface area contributed by atoms with Crippen LogP contribution in [-0.4, -0.2) is 23.6 Å². The first kappa shape index (κ1) is 13.3. The summed E-state index contributed by atoms with van der Waals surface area (Å²) in [5.74, 6) is 0.978. The maximum absolute atomic E-state index is 9.71. The van der Waals surface area contributed by atoms with Gasteiger partial charge in [-0.05, 0) is 38.1 Å². The van der Waals surface area contributed by atoms with Crippen LogP contribution in [0.2, 0.25) is 5.02 Å². The summed E-state index contributed by atoms with van der Waals surface area (Å²) in [6.07, 6.45) is 1.15. The number of benzene rings is 1. The Morgan fingerprint density at radius 1 is 1.38 bits per heavy atom. The molecule has 0 atom stereocenters. The van der Waals surface area contributed by atoms with Crippen molar-refractivity contribution in [2.24, 2.45) is 5.92 Å². The van der Waals surface area contributed by atoms with Gasteiger partial charge in [-0.1, -0.05) is 31.5 Å². The maximum Gasteiger partial charge on any atom is 0.121 e. The minimum atomic E-state index is 0.281. The van der Waals surface area contributed by atoms with Gasteiger partial charge in [-0.3, -0.25) is 0 Å². The molecular formula is C13H20ClNO. The highest BCUT2D eigenvalue weighted by Gasteiger charge is 2.09. The normalized spacial score (nSPS) is 11.4. The average Bonchev–Trinajstić information content (AvgIpc) is 2.21. The van der Waals surface area contributed by atoms with Crippen LogP contribution in [0.5, 0.6) is 5.75 Å². The number of phenolic OH excluding ortho intramolecular Hbond substituents is 1. The third kappa shape index (κ3) is 4.03. The summed E-state index contributed by atoms with van der Waals surface area (Å²) in [6, 6.07) is 5.25. The highest BCUT2D eigenvalue weighted by atomic mass is 35.5. The van der Waals surface area contributed by atoms with Crippen molar-refractivity contribution in [3.63, 3.8) is 0 Å². The number of rotatable bonds is 5. The number of hydrogen-bond acceptors (Lipinski definition) is 2. The summed E-state index contributed by atoms with van der Waals surface area (Å²) in [5, 5.41) is 10.3. The summed E-state index contributed by atoms with van der Waals surface area (Å²) in [5.41, 5.74) is 0.815. The highest BCUT2D eigenvalue weighted by Crippen LogP contribution is 2.26. The Morgan fingerprint density at radius 2 is 2.06 bits per heavy atom. The summed E-state index contributed by atoms with van der Waals surface area (Å²) in [7, 11) is 2.05. The maximum atomic E-state index is 9.71. The van der Waals surface area contributed by atoms with E-state index >= 15 is 0 Å². The van der Waals surface area contributed by atoms with Crippen molar-refractivity contribution >= 4 is 11.6 Å². The van der Waals surface area contributed by atoms with Crippen molar-refractivity contribution in [1.29, 1.82) is 0 Å². The van der Waals surface area contributed by atoms with Gasteiger partial charge in [-0.25, -0.2) is 0 Å². The Labute approximate surface area is 103 Å². The first-order valence-corrected chi connectivity index (χ1v) is 6.03. The molecular weight excluding hydrogens is 222 g/mol. The third-order valence-electron chi connectivity index (χ3n) is 2.61. The van der Waals surface area contributed by atoms with Gasteiger partial charge in [-0.15, -0.1) is 0 Å². The molecule has 0 aromatic heterocycles. The minimum Gasteiger partial charge on any atom is -0.508 e. The van der Waals surface area contributed by atoms with E-state index in [9.17, 15) is 5.11 Å². The quantitative estimate of drug-likeness (QED) is 0.853. The summed E-state index contributed by atoms with van der Waals surface area (Å²) in [6.45, 7) is 6.13. The van der Waals surface area contributed by atoms with Gasteiger partial charge in [0, 0.05) is 17.1 Å². The van der Waals surface area contributed by atoms with Crippen LogP contribution in [0.4, 0.5) is 0 Å². The Bertz CT molecular complexity index is 318. The first-order valence-electron chi connectivity index (χ1n) is 5.65. The molecule has 0 amide bonds. The molecule has 90 valence electrons. The zero-order valence-electron chi connectivity index (χ0n) is 10.2. The van der Waals surface area contributed by atoms with Crippen LogP contribution in [0.1, 0.15) is 25.8 Å². The molecule has 0 spiro atoms. The largest absolute Gasteiger partial charge is 0.508 e. The van der Waals surface area contributed by atoms with E-state index < -0.39 is 0 Å². The van der Waals surface area contributed by atoms with Crippen LogP contribution in [0.3, 0.4) is 0 Å². The molecule has 1 N–H and O–H groups in total. The van der Waals surface area contributed by atoms with Gasteiger partial charge in [-0.2, -0.15) is 0 Å². The van der Waals surface area contributed by atoms with Crippen LogP contribution in [0.25, 0.3) is 0 Å². The smallest absolute Gasteiger partial charge is 0.121 e. The number of hydrogen-bond donors (Lipinski definition) is 1. The Balaban J connectivity index is 2.59. The molecule has 1 rings (SSSR count). The second kappa shape index (κ2) is 6.12. The molecule has 3 heteroatoms. The second-order valence-electron chi connectivity index (χ2n) is 4.66. The van der Waals surface area contributed by atoms with Crippen LogP contribution < -0.4 is 0 Å². The summed E-state index contributed by atoms with van der Waals surface area (Å²) < 4.78 is 0. The van der Waals surface area contributed by atoms with E-state index in [4.69, 9.17) is 11.6 Å². The lowest BCUT2D eigenvalue weighted by atomic mass is 10.1. The van der Waals surface area contributed by atoms with Crippen LogP contribution in [-0.2, 0) is 6.54 Å². The molecule has 0 saturated heterocycles. The van der Waals surface area contributed by atoms with E-state index in [-0.39, 0.29) is 5.75 Å². The third-order valence-corrected chi connectivity index (χ3v) is 2.96. The molecule has 0 aliphatic rings. The van der Waals surface area contributed by atoms with Crippen LogP contribution >= 0.6 is 11.6 Å². The molecule has 2 nitrogen and oxygen atoms in total. The van der Waals surface area contributed by atoms with E-state index in [1.54, 1.807) is 12.1 Å². The van der Waals surface area contributed by atoms with Crippen LogP contribution in [0, 0.1) is 5.92 Å². The van der Waals surface area contributed by atoms with Gasteiger partial charge in [0.25, 0.3) is 0 Å². The van der Waals surface area contributed by atoms with Gasteiger partial charge in [0.2, 0.25) is 0 Å². The molecule has 1 aromatic rings. The lowest BCUT2D eigenvalue weighted by Gasteiger charge is -2.19. The van der Waals surface area contributed by atoms with E-state index in [2.05, 4.69) is 18.7 Å². The van der Waals surface area contributed by atoms with Crippen molar-refractivity contribution in [1.82, 2.24) is 4.90 Å². The summed E-state index contributed by atoms with van der Waals surface area (Å²) in [4.78, 5) is 2.18. The van der Waals surface area contributed by atoms with Crippen molar-refractivity contribution in [3.8, 4) is 5.75 Å². The predicted octanol–water partition coefficient (Wildman–Crippen LogP) is 3.52. The van der Waals surface area contributed by atoms with E-state index in [1.807, 2.05) is 13.1 Å². The van der Waals surface area contributed by atoms with Crippen LogP contribution in [0.15, 0.2) is 18.2 Å². The Kier molecular flexibility index (Phi) is 5.10. The SMILES string of the molecule is CC(C)CCN(C)Cc1c(O)cccc1Cl. The molecule has 0 radical (unpaired) electrons. The van der Waals surface area contributed by atoms with E-state index in [1.165, 1.54) is 0 Å². The van der Waals surface area contributed by atoms with Gasteiger partial charge in [0.15, 0.2) is 0 Å². The first-order chi connectivity index (χ1) is 7.50. The molecule has 0 saturated carbocycles. The molecule has 0 unspecified atom stereocenters. The van der Waals surface area contributed by atoms with Crippen molar-refractivity contribution in [2.75, 3.05) is 13.6 Å².